The van der Waals surface area contributed by atoms with Gasteiger partial charge in [-0.1, -0.05) is 0 Å². The van der Waals surface area contributed by atoms with E-state index in [0.717, 1.165) is 0 Å². The van der Waals surface area contributed by atoms with Gasteiger partial charge in [0.05, 0.1) is 18.1 Å². The Labute approximate surface area is 114 Å². The normalized spacial score (nSPS) is 23.5. The molecule has 1 rings (SSSR count). The summed E-state index contributed by atoms with van der Waals surface area (Å²) in [6.45, 7) is 8.10. The minimum Gasteiger partial charge on any atom is -0.481 e. The van der Waals surface area contributed by atoms with Crippen molar-refractivity contribution in [1.82, 2.24) is 9.80 Å². The average molecular weight is 272 g/mol. The summed E-state index contributed by atoms with van der Waals surface area (Å²) >= 11 is 0. The topological polar surface area (TPSA) is 81.1 Å². The zero-order chi connectivity index (χ0) is 14.8. The molecule has 2 N–H and O–H groups in total. The second kappa shape index (κ2) is 5.77. The van der Waals surface area contributed by atoms with E-state index >= 15 is 0 Å². The lowest BCUT2D eigenvalue weighted by atomic mass is 10.0. The number of aliphatic hydroxyl groups is 1. The fraction of sp³-hybridized carbons (Fsp3) is 0.846. The molecule has 6 nitrogen and oxygen atoms in total. The van der Waals surface area contributed by atoms with E-state index < -0.39 is 17.5 Å². The number of likely N-dealkylation sites (N-methyl/N-ethyl adjacent to an activating group) is 1. The van der Waals surface area contributed by atoms with Gasteiger partial charge in [-0.3, -0.25) is 4.79 Å². The Balaban J connectivity index is 2.74. The van der Waals surface area contributed by atoms with Crippen LogP contribution in [0.25, 0.3) is 0 Å². The summed E-state index contributed by atoms with van der Waals surface area (Å²) in [5, 5.41) is 18.9. The summed E-state index contributed by atoms with van der Waals surface area (Å²) in [6.07, 6.45) is 0.488. The van der Waals surface area contributed by atoms with E-state index in [1.165, 1.54) is 0 Å². The van der Waals surface area contributed by atoms with Gasteiger partial charge in [0.1, 0.15) is 0 Å². The molecule has 2 amide bonds. The first-order valence-corrected chi connectivity index (χ1v) is 6.68. The zero-order valence-electron chi connectivity index (χ0n) is 12.1. The Morgan fingerprint density at radius 3 is 2.37 bits per heavy atom. The molecule has 1 aliphatic heterocycles. The molecule has 6 heteroatoms. The van der Waals surface area contributed by atoms with Gasteiger partial charge in [-0.2, -0.15) is 0 Å². The third kappa shape index (κ3) is 3.83. The highest BCUT2D eigenvalue weighted by Crippen LogP contribution is 2.25. The number of carbonyl (C=O) groups excluding carboxylic acids is 1. The maximum absolute atomic E-state index is 12.4. The molecule has 1 saturated heterocycles. The van der Waals surface area contributed by atoms with Crippen molar-refractivity contribution in [1.29, 1.82) is 0 Å². The molecule has 19 heavy (non-hydrogen) atoms. The number of rotatable bonds is 4. The molecule has 2 unspecified atom stereocenters. The Morgan fingerprint density at radius 1 is 1.42 bits per heavy atom. The lowest BCUT2D eigenvalue weighted by molar-refractivity contribution is -0.142. The largest absolute Gasteiger partial charge is 0.481 e. The Kier molecular flexibility index (Phi) is 4.79. The van der Waals surface area contributed by atoms with Crippen molar-refractivity contribution in [3.8, 4) is 0 Å². The maximum atomic E-state index is 12.4. The average Bonchev–Trinajstić information content (AvgIpc) is 2.66. The Hall–Kier alpha value is -1.30. The number of hydrogen-bond donors (Lipinski definition) is 2. The molecule has 0 radical (unpaired) electrons. The minimum absolute atomic E-state index is 0.194. The molecule has 0 aromatic carbocycles. The van der Waals surface area contributed by atoms with Crippen LogP contribution in [0.1, 0.15) is 34.1 Å². The van der Waals surface area contributed by atoms with Crippen LogP contribution in [0.15, 0.2) is 0 Å². The molecule has 1 fully saturated rings. The van der Waals surface area contributed by atoms with Crippen LogP contribution in [0.4, 0.5) is 4.79 Å². The summed E-state index contributed by atoms with van der Waals surface area (Å²) in [7, 11) is 0. The molecular formula is C13H24N2O4. The first-order valence-electron chi connectivity index (χ1n) is 6.68. The smallest absolute Gasteiger partial charge is 0.320 e. The summed E-state index contributed by atoms with van der Waals surface area (Å²) in [5.74, 6) is -1.35. The van der Waals surface area contributed by atoms with Crippen molar-refractivity contribution in [3.63, 3.8) is 0 Å². The van der Waals surface area contributed by atoms with E-state index in [0.29, 0.717) is 19.5 Å². The number of aliphatic carboxylic acids is 1. The number of carboxylic acids is 1. The van der Waals surface area contributed by atoms with Crippen LogP contribution in [-0.2, 0) is 4.79 Å². The van der Waals surface area contributed by atoms with Crippen LogP contribution in [0.2, 0.25) is 0 Å². The molecule has 1 heterocycles. The summed E-state index contributed by atoms with van der Waals surface area (Å²) < 4.78 is 0. The van der Waals surface area contributed by atoms with E-state index in [-0.39, 0.29) is 18.6 Å². The third-order valence-corrected chi connectivity index (χ3v) is 3.55. The number of carbonyl (C=O) groups is 2. The van der Waals surface area contributed by atoms with Crippen LogP contribution >= 0.6 is 0 Å². The Morgan fingerprint density at radius 2 is 2.00 bits per heavy atom. The predicted molar refractivity (Wildman–Crippen MR) is 70.9 cm³/mol. The van der Waals surface area contributed by atoms with Gasteiger partial charge in [-0.15, -0.1) is 0 Å². The van der Waals surface area contributed by atoms with Crippen LogP contribution in [0.3, 0.4) is 0 Å². The number of hydrogen-bond acceptors (Lipinski definition) is 3. The molecule has 110 valence electrons. The minimum atomic E-state index is -0.958. The van der Waals surface area contributed by atoms with Crippen LogP contribution in [0, 0.1) is 5.92 Å². The van der Waals surface area contributed by atoms with E-state index in [2.05, 4.69) is 0 Å². The monoisotopic (exact) mass is 272 g/mol. The molecule has 0 aromatic heterocycles. The van der Waals surface area contributed by atoms with Crippen molar-refractivity contribution < 1.29 is 19.8 Å². The SMILES string of the molecule is CCN(CC(C)(C)O)C(=O)N1CCC(C(=O)O)C1C. The number of amides is 2. The van der Waals surface area contributed by atoms with Gasteiger partial charge in [0, 0.05) is 19.1 Å². The van der Waals surface area contributed by atoms with Gasteiger partial charge in [0.2, 0.25) is 0 Å². The molecule has 0 saturated carbocycles. The lowest BCUT2D eigenvalue weighted by Crippen LogP contribution is -2.50. The molecule has 0 aromatic rings. The highest BCUT2D eigenvalue weighted by molar-refractivity contribution is 5.78. The van der Waals surface area contributed by atoms with Gasteiger partial charge in [-0.25, -0.2) is 4.79 Å². The van der Waals surface area contributed by atoms with Gasteiger partial charge < -0.3 is 20.0 Å². The zero-order valence-corrected chi connectivity index (χ0v) is 12.1. The summed E-state index contributed by atoms with van der Waals surface area (Å²) in [6, 6.07) is -0.498. The molecule has 0 spiro atoms. The molecule has 1 aliphatic rings. The van der Waals surface area contributed by atoms with Crippen molar-refractivity contribution in [2.45, 2.75) is 45.8 Å². The standard InChI is InChI=1S/C13H24N2O4/c1-5-14(8-13(3,4)19)12(18)15-7-6-10(9(15)2)11(16)17/h9-10,19H,5-8H2,1-4H3,(H,16,17). The number of likely N-dealkylation sites (tertiary alicyclic amines) is 1. The fourth-order valence-electron chi connectivity index (χ4n) is 2.50. The second-order valence-corrected chi connectivity index (χ2v) is 5.78. The van der Waals surface area contributed by atoms with Gasteiger partial charge >= 0.3 is 12.0 Å². The van der Waals surface area contributed by atoms with Crippen molar-refractivity contribution in [3.05, 3.63) is 0 Å². The number of urea groups is 1. The first-order chi connectivity index (χ1) is 8.67. The molecule has 0 bridgehead atoms. The predicted octanol–water partition coefficient (Wildman–Crippen LogP) is 0.994. The lowest BCUT2D eigenvalue weighted by Gasteiger charge is -2.33. The van der Waals surface area contributed by atoms with Crippen LogP contribution in [0.5, 0.6) is 0 Å². The highest BCUT2D eigenvalue weighted by Gasteiger charge is 2.39. The van der Waals surface area contributed by atoms with Gasteiger partial charge in [0.25, 0.3) is 0 Å². The molecule has 0 aliphatic carbocycles. The second-order valence-electron chi connectivity index (χ2n) is 5.78. The summed E-state index contributed by atoms with van der Waals surface area (Å²) in [5.41, 5.74) is -0.958. The third-order valence-electron chi connectivity index (χ3n) is 3.55. The fourth-order valence-corrected chi connectivity index (χ4v) is 2.50. The Bertz CT molecular complexity index is 351. The highest BCUT2D eigenvalue weighted by atomic mass is 16.4. The number of carboxylic acid groups (broad SMARTS) is 1. The van der Waals surface area contributed by atoms with Crippen LogP contribution in [-0.4, -0.2) is 63.3 Å². The van der Waals surface area contributed by atoms with E-state index in [1.807, 2.05) is 6.92 Å². The van der Waals surface area contributed by atoms with Gasteiger partial charge in [0.15, 0.2) is 0 Å². The molecule has 2 atom stereocenters. The molecular weight excluding hydrogens is 248 g/mol. The van der Waals surface area contributed by atoms with E-state index in [9.17, 15) is 14.7 Å². The van der Waals surface area contributed by atoms with Crippen LogP contribution < -0.4 is 0 Å². The first kappa shape index (κ1) is 15.8. The van der Waals surface area contributed by atoms with E-state index in [4.69, 9.17) is 5.11 Å². The van der Waals surface area contributed by atoms with Crippen molar-refractivity contribution >= 4 is 12.0 Å². The van der Waals surface area contributed by atoms with Crippen molar-refractivity contribution in [2.24, 2.45) is 5.92 Å². The number of nitrogens with zero attached hydrogens (tertiary/aromatic N) is 2. The maximum Gasteiger partial charge on any atom is 0.320 e. The quantitative estimate of drug-likeness (QED) is 0.800. The van der Waals surface area contributed by atoms with E-state index in [1.54, 1.807) is 30.6 Å². The van der Waals surface area contributed by atoms with Gasteiger partial charge in [-0.05, 0) is 34.1 Å². The van der Waals surface area contributed by atoms with Crippen molar-refractivity contribution in [2.75, 3.05) is 19.6 Å². The summed E-state index contributed by atoms with van der Waals surface area (Å²) in [4.78, 5) is 26.6.